The summed E-state index contributed by atoms with van der Waals surface area (Å²) >= 11 is 1.48. The molecule has 1 saturated heterocycles. The molecule has 2 aromatic heterocycles. The van der Waals surface area contributed by atoms with Gasteiger partial charge in [0.1, 0.15) is 45.8 Å². The number of sulfonamides is 1. The van der Waals surface area contributed by atoms with Crippen molar-refractivity contribution in [2.45, 2.75) is 146 Å². The Bertz CT molecular complexity index is 1850. The van der Waals surface area contributed by atoms with Crippen molar-refractivity contribution in [3.8, 4) is 16.5 Å². The number of alkyl carbamates (subject to hydrolysis) is 1. The van der Waals surface area contributed by atoms with Crippen LogP contribution in [0.4, 0.5) is 4.79 Å². The topological polar surface area (TPSA) is 186 Å². The molecular formula is C38H54N6O8S2. The number of aromatic nitrogens is 2. The van der Waals surface area contributed by atoms with Crippen molar-refractivity contribution in [3.05, 3.63) is 41.6 Å². The molecule has 0 spiro atoms. The molecule has 1 aliphatic carbocycles. The third kappa shape index (κ3) is 10.2. The van der Waals surface area contributed by atoms with Gasteiger partial charge >= 0.3 is 6.09 Å². The van der Waals surface area contributed by atoms with Gasteiger partial charge in [0.25, 0.3) is 5.91 Å². The zero-order valence-corrected chi connectivity index (χ0v) is 33.9. The molecule has 3 aliphatic rings. The maximum Gasteiger partial charge on any atom is 0.408 e. The Hall–Kier alpha value is -4.05. The first kappa shape index (κ1) is 41.1. The second-order valence-corrected chi connectivity index (χ2v) is 19.4. The molecule has 54 heavy (non-hydrogen) atoms. The molecule has 4 heterocycles. The molecule has 4 atom stereocenters. The lowest BCUT2D eigenvalue weighted by Crippen LogP contribution is -2.62. The van der Waals surface area contributed by atoms with Crippen molar-refractivity contribution in [1.82, 2.24) is 30.2 Å². The van der Waals surface area contributed by atoms with E-state index in [0.717, 1.165) is 23.5 Å². The van der Waals surface area contributed by atoms with E-state index in [-0.39, 0.29) is 25.3 Å². The monoisotopic (exact) mass is 786 g/mol. The first-order valence-corrected chi connectivity index (χ1v) is 21.1. The van der Waals surface area contributed by atoms with Crippen molar-refractivity contribution in [1.29, 1.82) is 0 Å². The SMILES string of the molecule is CC(C)c1csc(-c2cc(OC3CC4C(=O)NC(C)(C(=O)NS(=O)(=O)C5(C)CC5)CC=CCCCCCC(NC(=O)OC(C)(C)C)C(=O)N4C3)ccn2)n1. The fourth-order valence-corrected chi connectivity index (χ4v) is 8.63. The third-order valence-electron chi connectivity index (χ3n) is 9.99. The zero-order valence-electron chi connectivity index (χ0n) is 32.3. The van der Waals surface area contributed by atoms with Crippen LogP contribution < -0.4 is 20.1 Å². The van der Waals surface area contributed by atoms with Gasteiger partial charge in [0, 0.05) is 24.1 Å². The van der Waals surface area contributed by atoms with Gasteiger partial charge in [-0.15, -0.1) is 11.3 Å². The summed E-state index contributed by atoms with van der Waals surface area (Å²) in [5, 5.41) is 8.29. The van der Waals surface area contributed by atoms with E-state index >= 15 is 0 Å². The molecule has 296 valence electrons. The number of thiazole rings is 1. The highest BCUT2D eigenvalue weighted by Gasteiger charge is 2.53. The maximum absolute atomic E-state index is 14.4. The predicted molar refractivity (Wildman–Crippen MR) is 205 cm³/mol. The van der Waals surface area contributed by atoms with Gasteiger partial charge in [0.05, 0.1) is 17.0 Å². The molecule has 14 nitrogen and oxygen atoms in total. The number of hydrogen-bond donors (Lipinski definition) is 3. The molecule has 1 saturated carbocycles. The standard InChI is InChI=1S/C38H54N6O8S2/c1-24(2)29-23-53-32(40-29)28-20-25(15-19-39-28)51-26-21-30-31(45)42-38(7,34(47)43-54(49,50)37(6)17-18-37)16-13-11-9-8-10-12-14-27(33(46)44(30)22-26)41-35(48)52-36(3,4)5/h11,13,15,19-20,23-24,26-27,30H,8-10,12,14,16-18,21-22H2,1-7H3,(H,41,48)(H,42,45)(H,43,47). The number of carbonyl (C=O) groups excluding carboxylic acids is 4. The quantitative estimate of drug-likeness (QED) is 0.295. The molecule has 2 aliphatic heterocycles. The van der Waals surface area contributed by atoms with Gasteiger partial charge in [-0.25, -0.2) is 18.2 Å². The van der Waals surface area contributed by atoms with E-state index in [0.29, 0.717) is 43.5 Å². The van der Waals surface area contributed by atoms with Crippen LogP contribution in [0.1, 0.15) is 118 Å². The van der Waals surface area contributed by atoms with Gasteiger partial charge in [-0.3, -0.25) is 24.1 Å². The minimum absolute atomic E-state index is 0.00533. The Morgan fingerprint density at radius 1 is 1.11 bits per heavy atom. The first-order valence-electron chi connectivity index (χ1n) is 18.7. The summed E-state index contributed by atoms with van der Waals surface area (Å²) in [4.78, 5) is 66.1. The number of amides is 4. The van der Waals surface area contributed by atoms with E-state index < -0.39 is 67.9 Å². The Morgan fingerprint density at radius 2 is 1.85 bits per heavy atom. The molecule has 0 aromatic carbocycles. The molecule has 0 bridgehead atoms. The first-order chi connectivity index (χ1) is 25.3. The van der Waals surface area contributed by atoms with Crippen LogP contribution in [0, 0.1) is 0 Å². The van der Waals surface area contributed by atoms with Crippen LogP contribution in [0.2, 0.25) is 0 Å². The Labute approximate surface area is 322 Å². The normalized spacial score (nSPS) is 25.2. The highest BCUT2D eigenvalue weighted by atomic mass is 32.2. The summed E-state index contributed by atoms with van der Waals surface area (Å²) in [6.45, 7) is 12.4. The minimum Gasteiger partial charge on any atom is -0.488 e. The number of fused-ring (bicyclic) bond motifs is 1. The molecule has 5 rings (SSSR count). The number of carbonyl (C=O) groups is 4. The molecule has 4 unspecified atom stereocenters. The van der Waals surface area contributed by atoms with Crippen molar-refractivity contribution in [3.63, 3.8) is 0 Å². The largest absolute Gasteiger partial charge is 0.488 e. The van der Waals surface area contributed by atoms with E-state index in [1.54, 1.807) is 52.1 Å². The lowest BCUT2D eigenvalue weighted by atomic mass is 9.95. The highest BCUT2D eigenvalue weighted by Crippen LogP contribution is 2.42. The van der Waals surface area contributed by atoms with Crippen LogP contribution >= 0.6 is 11.3 Å². The van der Waals surface area contributed by atoms with Gasteiger partial charge in [-0.2, -0.15) is 0 Å². The lowest BCUT2D eigenvalue weighted by Gasteiger charge is -2.33. The number of rotatable bonds is 8. The Kier molecular flexibility index (Phi) is 12.5. The van der Waals surface area contributed by atoms with Gasteiger partial charge < -0.3 is 25.0 Å². The van der Waals surface area contributed by atoms with E-state index in [2.05, 4.69) is 34.2 Å². The van der Waals surface area contributed by atoms with E-state index in [9.17, 15) is 27.6 Å². The summed E-state index contributed by atoms with van der Waals surface area (Å²) in [5.74, 6) is -1.28. The second kappa shape index (κ2) is 16.4. The Morgan fingerprint density at radius 3 is 2.52 bits per heavy atom. The maximum atomic E-state index is 14.4. The van der Waals surface area contributed by atoms with Gasteiger partial charge in [0.2, 0.25) is 21.8 Å². The van der Waals surface area contributed by atoms with Crippen LogP contribution in [0.15, 0.2) is 35.9 Å². The number of nitrogens with zero attached hydrogens (tertiary/aromatic N) is 3. The summed E-state index contributed by atoms with van der Waals surface area (Å²) in [6, 6.07) is 1.35. The van der Waals surface area contributed by atoms with Crippen molar-refractivity contribution < 1.29 is 37.1 Å². The van der Waals surface area contributed by atoms with Crippen molar-refractivity contribution >= 4 is 45.2 Å². The molecule has 2 fully saturated rings. The number of allylic oxidation sites excluding steroid dienone is 1. The lowest BCUT2D eigenvalue weighted by molar-refractivity contribution is -0.142. The predicted octanol–water partition coefficient (Wildman–Crippen LogP) is 5.35. The van der Waals surface area contributed by atoms with Crippen molar-refractivity contribution in [2.24, 2.45) is 0 Å². The molecule has 4 amide bonds. The zero-order chi connectivity index (χ0) is 39.5. The minimum atomic E-state index is -4.01. The van der Waals surface area contributed by atoms with Crippen LogP contribution in [0.5, 0.6) is 5.75 Å². The molecule has 2 aromatic rings. The number of ether oxygens (including phenoxy) is 2. The van der Waals surface area contributed by atoms with Crippen LogP contribution in [-0.4, -0.2) is 87.7 Å². The fraction of sp³-hybridized carbons (Fsp3) is 0.632. The number of hydrogen-bond acceptors (Lipinski definition) is 11. The van der Waals surface area contributed by atoms with Gasteiger partial charge in [0.15, 0.2) is 0 Å². The summed E-state index contributed by atoms with van der Waals surface area (Å²) in [5.41, 5.74) is -0.895. The summed E-state index contributed by atoms with van der Waals surface area (Å²) in [7, 11) is -4.01. The van der Waals surface area contributed by atoms with Crippen LogP contribution in [-0.2, 0) is 29.1 Å². The fourth-order valence-electron chi connectivity index (χ4n) is 6.33. The molecular weight excluding hydrogens is 733 g/mol. The average molecular weight is 787 g/mol. The number of nitrogens with one attached hydrogen (secondary N) is 3. The highest BCUT2D eigenvalue weighted by molar-refractivity contribution is 7.91. The average Bonchev–Trinajstić information content (AvgIpc) is 3.46. The van der Waals surface area contributed by atoms with Crippen molar-refractivity contribution in [2.75, 3.05) is 6.54 Å². The number of pyridine rings is 1. The van der Waals surface area contributed by atoms with Gasteiger partial charge in [-0.1, -0.05) is 38.8 Å². The second-order valence-electron chi connectivity index (χ2n) is 16.3. The summed E-state index contributed by atoms with van der Waals surface area (Å²) in [6.07, 6.45) is 7.97. The third-order valence-corrected chi connectivity index (χ3v) is 13.0. The van der Waals surface area contributed by atoms with E-state index in [1.165, 1.54) is 23.2 Å². The van der Waals surface area contributed by atoms with Gasteiger partial charge in [-0.05, 0) is 85.1 Å². The van der Waals surface area contributed by atoms with Crippen LogP contribution in [0.3, 0.4) is 0 Å². The molecule has 3 N–H and O–H groups in total. The van der Waals surface area contributed by atoms with E-state index in [4.69, 9.17) is 14.5 Å². The summed E-state index contributed by atoms with van der Waals surface area (Å²) < 4.78 is 39.3. The van der Waals surface area contributed by atoms with E-state index in [1.807, 2.05) is 11.5 Å². The van der Waals surface area contributed by atoms with Crippen LogP contribution in [0.25, 0.3) is 10.7 Å². The Balaban J connectivity index is 1.44. The molecule has 0 radical (unpaired) electrons. The smallest absolute Gasteiger partial charge is 0.408 e. The molecule has 16 heteroatoms.